The van der Waals surface area contributed by atoms with Crippen molar-refractivity contribution in [3.05, 3.63) is 36.6 Å². The number of aromatic nitrogens is 2. The van der Waals surface area contributed by atoms with E-state index in [0.717, 1.165) is 37.4 Å². The molecule has 3 aromatic rings. The van der Waals surface area contributed by atoms with Crippen molar-refractivity contribution in [3.8, 4) is 17.4 Å². The number of rotatable bonds is 8. The number of hydrogen-bond acceptors (Lipinski definition) is 9. The molecule has 1 aliphatic rings. The zero-order valence-corrected chi connectivity index (χ0v) is 19.7. The van der Waals surface area contributed by atoms with Crippen molar-refractivity contribution in [2.45, 2.75) is 35.8 Å². The molecule has 1 aliphatic heterocycles. The number of ether oxygens (including phenoxy) is 1. The number of methoxy groups -OCH3 is 1. The number of nitrogens with zero attached hydrogens (tertiary/aromatic N) is 3. The smallest absolute Gasteiger partial charge is 0.284 e. The molecule has 1 fully saturated rings. The minimum atomic E-state index is -3.66. The Morgan fingerprint density at radius 3 is 2.67 bits per heavy atom. The molecule has 0 saturated carbocycles. The molecule has 1 saturated heterocycles. The molecule has 0 unspecified atom stereocenters. The molecule has 176 valence electrons. The first-order valence-corrected chi connectivity index (χ1v) is 12.9. The van der Waals surface area contributed by atoms with Crippen LogP contribution < -0.4 is 10.1 Å². The zero-order valence-electron chi connectivity index (χ0n) is 18.0. The van der Waals surface area contributed by atoms with Crippen molar-refractivity contribution in [2.75, 3.05) is 31.3 Å². The number of hydrogen-bond donors (Lipinski definition) is 1. The predicted molar refractivity (Wildman–Crippen MR) is 122 cm³/mol. The van der Waals surface area contributed by atoms with Crippen LogP contribution in [0.3, 0.4) is 0 Å². The summed E-state index contributed by atoms with van der Waals surface area (Å²) in [5.41, 5.74) is 0.279. The maximum absolute atomic E-state index is 13.1. The van der Waals surface area contributed by atoms with E-state index in [4.69, 9.17) is 13.6 Å². The Bertz CT molecular complexity index is 1190. The average Bonchev–Trinajstić information content (AvgIpc) is 3.43. The van der Waals surface area contributed by atoms with Crippen LogP contribution in [0.1, 0.15) is 25.7 Å². The fourth-order valence-electron chi connectivity index (χ4n) is 3.46. The average molecular weight is 493 g/mol. The number of sulfonamides is 1. The summed E-state index contributed by atoms with van der Waals surface area (Å²) in [5.74, 6) is 0.620. The number of amides is 1. The van der Waals surface area contributed by atoms with Crippen molar-refractivity contribution in [2.24, 2.45) is 0 Å². The van der Waals surface area contributed by atoms with E-state index >= 15 is 0 Å². The summed E-state index contributed by atoms with van der Waals surface area (Å²) in [5, 5.41) is 10.7. The second-order valence-corrected chi connectivity index (χ2v) is 10.2. The second kappa shape index (κ2) is 10.4. The van der Waals surface area contributed by atoms with E-state index in [2.05, 4.69) is 15.5 Å². The first kappa shape index (κ1) is 23.3. The van der Waals surface area contributed by atoms with Crippen molar-refractivity contribution in [1.29, 1.82) is 0 Å². The Kier molecular flexibility index (Phi) is 7.36. The van der Waals surface area contributed by atoms with E-state index in [9.17, 15) is 13.2 Å². The van der Waals surface area contributed by atoms with Crippen LogP contribution in [-0.2, 0) is 14.8 Å². The molecule has 0 radical (unpaired) electrons. The predicted octanol–water partition coefficient (Wildman–Crippen LogP) is 3.63. The summed E-state index contributed by atoms with van der Waals surface area (Å²) in [7, 11) is -2.21. The first-order chi connectivity index (χ1) is 16.0. The number of carbonyl (C=O) groups is 1. The molecular formula is C21H24N4O6S2. The molecule has 1 aromatic carbocycles. The Labute approximate surface area is 195 Å². The third kappa shape index (κ3) is 5.57. The Hall–Kier alpha value is -2.83. The summed E-state index contributed by atoms with van der Waals surface area (Å²) in [6.45, 7) is 0.994. The lowest BCUT2D eigenvalue weighted by atomic mass is 10.2. The Morgan fingerprint density at radius 1 is 1.18 bits per heavy atom. The van der Waals surface area contributed by atoms with Gasteiger partial charge in [-0.2, -0.15) is 4.31 Å². The maximum Gasteiger partial charge on any atom is 0.284 e. The minimum absolute atomic E-state index is 0.0218. The van der Waals surface area contributed by atoms with Gasteiger partial charge in [0.25, 0.3) is 11.1 Å². The van der Waals surface area contributed by atoms with Crippen LogP contribution in [0.5, 0.6) is 5.75 Å². The first-order valence-electron chi connectivity index (χ1n) is 10.5. The highest BCUT2D eigenvalue weighted by Gasteiger charge is 2.26. The van der Waals surface area contributed by atoms with Gasteiger partial charge in [0.1, 0.15) is 5.75 Å². The van der Waals surface area contributed by atoms with E-state index in [-0.39, 0.29) is 33.4 Å². The summed E-state index contributed by atoms with van der Waals surface area (Å²) >= 11 is 1.05. The van der Waals surface area contributed by atoms with Crippen molar-refractivity contribution < 1.29 is 26.8 Å². The van der Waals surface area contributed by atoms with Gasteiger partial charge in [-0.25, -0.2) is 8.42 Å². The fraction of sp³-hybridized carbons (Fsp3) is 0.381. The molecule has 12 heteroatoms. The summed E-state index contributed by atoms with van der Waals surface area (Å²) < 4.78 is 43.7. The molecule has 2 aromatic heterocycles. The largest absolute Gasteiger partial charge is 0.495 e. The highest BCUT2D eigenvalue weighted by atomic mass is 32.2. The van der Waals surface area contributed by atoms with Crippen LogP contribution >= 0.6 is 11.8 Å². The van der Waals surface area contributed by atoms with E-state index in [0.29, 0.717) is 24.6 Å². The third-order valence-corrected chi connectivity index (χ3v) is 7.83. The van der Waals surface area contributed by atoms with Gasteiger partial charge in [-0.05, 0) is 43.2 Å². The number of carbonyl (C=O) groups excluding carboxylic acids is 1. The molecule has 1 N–H and O–H groups in total. The molecule has 0 aliphatic carbocycles. The quantitative estimate of drug-likeness (QED) is 0.469. The van der Waals surface area contributed by atoms with Crippen LogP contribution in [-0.4, -0.2) is 54.8 Å². The standard InChI is InChI=1S/C21H24N4O6S2/c1-29-17-9-8-15(33(27,28)25-10-4-2-3-5-11-25)13-16(17)22-19(26)14-32-21-24-23-20(31-21)18-7-6-12-30-18/h6-9,12-13H,2-5,10-11,14H2,1H3,(H,22,26). The number of nitrogens with one attached hydrogen (secondary N) is 1. The monoisotopic (exact) mass is 492 g/mol. The van der Waals surface area contributed by atoms with Gasteiger partial charge in [0.2, 0.25) is 15.9 Å². The molecule has 3 heterocycles. The second-order valence-electron chi connectivity index (χ2n) is 7.37. The zero-order chi connectivity index (χ0) is 23.3. The van der Waals surface area contributed by atoms with E-state index < -0.39 is 10.0 Å². The van der Waals surface area contributed by atoms with Crippen LogP contribution in [0, 0.1) is 0 Å². The Balaban J connectivity index is 1.44. The van der Waals surface area contributed by atoms with E-state index in [1.165, 1.54) is 29.8 Å². The fourth-order valence-corrected chi connectivity index (χ4v) is 5.56. The van der Waals surface area contributed by atoms with Crippen molar-refractivity contribution in [1.82, 2.24) is 14.5 Å². The maximum atomic E-state index is 13.1. The lowest BCUT2D eigenvalue weighted by Crippen LogP contribution is -2.32. The van der Waals surface area contributed by atoms with Gasteiger partial charge in [0, 0.05) is 13.1 Å². The molecule has 0 spiro atoms. The van der Waals surface area contributed by atoms with Gasteiger partial charge in [0.15, 0.2) is 5.76 Å². The molecule has 4 rings (SSSR count). The number of benzene rings is 1. The summed E-state index contributed by atoms with van der Waals surface area (Å²) in [6.07, 6.45) is 5.22. The SMILES string of the molecule is COc1ccc(S(=O)(=O)N2CCCCCC2)cc1NC(=O)CSc1nnc(-c2ccco2)o1. The lowest BCUT2D eigenvalue weighted by Gasteiger charge is -2.21. The molecular weight excluding hydrogens is 468 g/mol. The number of thioether (sulfide) groups is 1. The van der Waals surface area contributed by atoms with E-state index in [1.807, 2.05) is 0 Å². The summed E-state index contributed by atoms with van der Waals surface area (Å²) in [4.78, 5) is 12.7. The van der Waals surface area contributed by atoms with Crippen LogP contribution in [0.4, 0.5) is 5.69 Å². The van der Waals surface area contributed by atoms with Gasteiger partial charge in [-0.15, -0.1) is 10.2 Å². The topological polar surface area (TPSA) is 128 Å². The highest BCUT2D eigenvalue weighted by molar-refractivity contribution is 7.99. The van der Waals surface area contributed by atoms with Crippen LogP contribution in [0.25, 0.3) is 11.7 Å². The van der Waals surface area contributed by atoms with Gasteiger partial charge >= 0.3 is 0 Å². The van der Waals surface area contributed by atoms with Crippen molar-refractivity contribution >= 4 is 33.4 Å². The molecule has 0 atom stereocenters. The molecule has 33 heavy (non-hydrogen) atoms. The van der Waals surface area contributed by atoms with Crippen molar-refractivity contribution in [3.63, 3.8) is 0 Å². The Morgan fingerprint density at radius 2 is 1.97 bits per heavy atom. The number of anilines is 1. The number of furan rings is 1. The third-order valence-electron chi connectivity index (χ3n) is 5.11. The molecule has 1 amide bonds. The summed E-state index contributed by atoms with van der Waals surface area (Å²) in [6, 6.07) is 7.87. The lowest BCUT2D eigenvalue weighted by molar-refractivity contribution is -0.113. The van der Waals surface area contributed by atoms with Gasteiger partial charge in [-0.3, -0.25) is 4.79 Å². The van der Waals surface area contributed by atoms with Crippen LogP contribution in [0.15, 0.2) is 55.5 Å². The van der Waals surface area contributed by atoms with Gasteiger partial charge in [0.05, 0.1) is 29.7 Å². The minimum Gasteiger partial charge on any atom is -0.495 e. The molecule has 0 bridgehead atoms. The van der Waals surface area contributed by atoms with Crippen LogP contribution in [0.2, 0.25) is 0 Å². The normalized spacial score (nSPS) is 15.2. The van der Waals surface area contributed by atoms with Gasteiger partial charge in [-0.1, -0.05) is 24.6 Å². The highest BCUT2D eigenvalue weighted by Crippen LogP contribution is 2.30. The molecule has 10 nitrogen and oxygen atoms in total. The van der Waals surface area contributed by atoms with Gasteiger partial charge < -0.3 is 18.9 Å². The van der Waals surface area contributed by atoms with E-state index in [1.54, 1.807) is 18.2 Å².